The van der Waals surface area contributed by atoms with Gasteiger partial charge in [0.2, 0.25) is 0 Å². The molecule has 1 aromatic heterocycles. The number of phenolic OH excluding ortho intramolecular Hbond substituents is 1. The molecule has 4 aromatic rings. The van der Waals surface area contributed by atoms with Crippen molar-refractivity contribution < 1.29 is 9.84 Å². The number of hydrogen-bond acceptors (Lipinski definition) is 4. The summed E-state index contributed by atoms with van der Waals surface area (Å²) in [7, 11) is 1.61. The Morgan fingerprint density at radius 2 is 1.76 bits per heavy atom. The van der Waals surface area contributed by atoms with E-state index in [4.69, 9.17) is 10.1 Å². The van der Waals surface area contributed by atoms with Crippen LogP contribution in [0.4, 0.5) is 0 Å². The molecule has 0 fully saturated rings. The lowest BCUT2D eigenvalue weighted by atomic mass is 9.94. The van der Waals surface area contributed by atoms with Crippen LogP contribution in [0.1, 0.15) is 11.1 Å². The number of phenols is 1. The number of benzene rings is 3. The number of rotatable bonds is 3. The highest BCUT2D eigenvalue weighted by Gasteiger charge is 2.17. The Bertz CT molecular complexity index is 1120. The summed E-state index contributed by atoms with van der Waals surface area (Å²) in [5.41, 5.74) is 2.08. The van der Waals surface area contributed by atoms with E-state index in [2.05, 4.69) is 4.98 Å². The smallest absolute Gasteiger partial charge is 0.128 e. The van der Waals surface area contributed by atoms with Crippen molar-refractivity contribution in [3.63, 3.8) is 0 Å². The van der Waals surface area contributed by atoms with Gasteiger partial charge in [-0.25, -0.2) is 0 Å². The van der Waals surface area contributed by atoms with Gasteiger partial charge < -0.3 is 9.84 Å². The zero-order chi connectivity index (χ0) is 17.4. The minimum atomic E-state index is 0.0867. The monoisotopic (exact) mass is 328 g/mol. The van der Waals surface area contributed by atoms with Crippen molar-refractivity contribution in [3.05, 3.63) is 78.0 Å². The third-order valence-corrected chi connectivity index (χ3v) is 4.38. The molecule has 0 saturated heterocycles. The number of ether oxygens (including phenoxy) is 1. The lowest BCUT2D eigenvalue weighted by Gasteiger charge is -2.13. The molecule has 1 heterocycles. The summed E-state index contributed by atoms with van der Waals surface area (Å²) in [6, 6.07) is 18.6. The predicted octanol–water partition coefficient (Wildman–Crippen LogP) is 4.52. The lowest BCUT2D eigenvalue weighted by Crippen LogP contribution is -2.05. The Kier molecular flexibility index (Phi) is 3.58. The van der Waals surface area contributed by atoms with Gasteiger partial charge in [0, 0.05) is 22.7 Å². The minimum absolute atomic E-state index is 0.0867. The van der Waals surface area contributed by atoms with Gasteiger partial charge in [-0.1, -0.05) is 30.3 Å². The van der Waals surface area contributed by atoms with E-state index in [9.17, 15) is 5.11 Å². The molecule has 0 radical (unpaired) electrons. The molecule has 4 heteroatoms. The highest BCUT2D eigenvalue weighted by Crippen LogP contribution is 2.33. The number of aromatic nitrogens is 1. The number of pyridine rings is 1. The predicted molar refractivity (Wildman–Crippen MR) is 99.8 cm³/mol. The molecule has 0 aliphatic rings. The summed E-state index contributed by atoms with van der Waals surface area (Å²) < 4.78 is 5.40. The molecule has 2 N–H and O–H groups in total. The first-order valence-electron chi connectivity index (χ1n) is 7.92. The van der Waals surface area contributed by atoms with Gasteiger partial charge in [0.05, 0.1) is 18.3 Å². The van der Waals surface area contributed by atoms with Crippen molar-refractivity contribution >= 4 is 27.4 Å². The number of methoxy groups -OCH3 is 1. The molecule has 0 atom stereocenters. The zero-order valence-corrected chi connectivity index (χ0v) is 13.7. The van der Waals surface area contributed by atoms with Crippen molar-refractivity contribution in [3.8, 4) is 11.5 Å². The Labute approximate surface area is 144 Å². The molecule has 0 saturated carbocycles. The molecular weight excluding hydrogens is 312 g/mol. The van der Waals surface area contributed by atoms with Crippen molar-refractivity contribution in [2.24, 2.45) is 0 Å². The second-order valence-corrected chi connectivity index (χ2v) is 5.77. The van der Waals surface area contributed by atoms with E-state index >= 15 is 0 Å². The first kappa shape index (κ1) is 15.1. The SMILES string of the molecule is COc1ccc(C(=N)c2c(O)ccc3ccccc23)c2ncccc12. The molecule has 4 rings (SSSR count). The van der Waals surface area contributed by atoms with Crippen LogP contribution >= 0.6 is 0 Å². The molecule has 0 aliphatic heterocycles. The van der Waals surface area contributed by atoms with Crippen molar-refractivity contribution in [1.82, 2.24) is 4.98 Å². The van der Waals surface area contributed by atoms with Crippen molar-refractivity contribution in [2.45, 2.75) is 0 Å². The van der Waals surface area contributed by atoms with Gasteiger partial charge in [0.25, 0.3) is 0 Å². The lowest BCUT2D eigenvalue weighted by molar-refractivity contribution is 0.419. The summed E-state index contributed by atoms with van der Waals surface area (Å²) in [5.74, 6) is 0.797. The van der Waals surface area contributed by atoms with Crippen LogP contribution in [0.2, 0.25) is 0 Å². The van der Waals surface area contributed by atoms with Crippen LogP contribution in [-0.4, -0.2) is 22.9 Å². The maximum absolute atomic E-state index is 10.4. The molecule has 25 heavy (non-hydrogen) atoms. The second-order valence-electron chi connectivity index (χ2n) is 5.77. The van der Waals surface area contributed by atoms with E-state index in [1.807, 2.05) is 54.6 Å². The van der Waals surface area contributed by atoms with Gasteiger partial charge in [-0.2, -0.15) is 0 Å². The first-order chi connectivity index (χ1) is 12.2. The average Bonchev–Trinajstić information content (AvgIpc) is 2.66. The normalized spacial score (nSPS) is 10.9. The highest BCUT2D eigenvalue weighted by atomic mass is 16.5. The van der Waals surface area contributed by atoms with Gasteiger partial charge in [0.15, 0.2) is 0 Å². The summed E-state index contributed by atoms with van der Waals surface area (Å²) in [6.07, 6.45) is 1.70. The fraction of sp³-hybridized carbons (Fsp3) is 0.0476. The van der Waals surface area contributed by atoms with Crippen LogP contribution in [0.15, 0.2) is 66.9 Å². The van der Waals surface area contributed by atoms with Crippen molar-refractivity contribution in [1.29, 1.82) is 5.41 Å². The van der Waals surface area contributed by atoms with E-state index in [0.717, 1.165) is 16.2 Å². The summed E-state index contributed by atoms with van der Waals surface area (Å²) >= 11 is 0. The third kappa shape index (κ3) is 2.39. The van der Waals surface area contributed by atoms with Gasteiger partial charge in [-0.15, -0.1) is 0 Å². The van der Waals surface area contributed by atoms with Crippen LogP contribution in [-0.2, 0) is 0 Å². The fourth-order valence-electron chi connectivity index (χ4n) is 3.18. The molecule has 0 amide bonds. The van der Waals surface area contributed by atoms with Crippen LogP contribution in [0, 0.1) is 5.41 Å². The fourth-order valence-corrected chi connectivity index (χ4v) is 3.18. The Hall–Kier alpha value is -3.40. The molecule has 4 nitrogen and oxygen atoms in total. The van der Waals surface area contributed by atoms with E-state index < -0.39 is 0 Å². The third-order valence-electron chi connectivity index (χ3n) is 4.38. The maximum atomic E-state index is 10.4. The Morgan fingerprint density at radius 1 is 0.960 bits per heavy atom. The van der Waals surface area contributed by atoms with Gasteiger partial charge in [0.1, 0.15) is 11.5 Å². The van der Waals surface area contributed by atoms with E-state index in [1.165, 1.54) is 0 Å². The molecule has 0 spiro atoms. The first-order valence-corrected chi connectivity index (χ1v) is 7.92. The highest BCUT2D eigenvalue weighted by molar-refractivity contribution is 6.23. The van der Waals surface area contributed by atoms with Crippen LogP contribution in [0.3, 0.4) is 0 Å². The number of nitrogens with one attached hydrogen (secondary N) is 1. The molecular formula is C21H16N2O2. The summed E-state index contributed by atoms with van der Waals surface area (Å²) in [6.45, 7) is 0. The molecule has 0 unspecified atom stereocenters. The van der Waals surface area contributed by atoms with Gasteiger partial charge in [-0.05, 0) is 41.1 Å². The van der Waals surface area contributed by atoms with E-state index in [1.54, 1.807) is 19.4 Å². The molecule has 0 bridgehead atoms. The van der Waals surface area contributed by atoms with Gasteiger partial charge in [-0.3, -0.25) is 10.4 Å². The van der Waals surface area contributed by atoms with E-state index in [0.29, 0.717) is 22.4 Å². The standard InChI is InChI=1S/C21H16N2O2/c1-25-18-11-9-16(21-15(18)7-4-12-23-21)20(22)19-14-6-3-2-5-13(14)8-10-17(19)24/h2-12,22,24H,1H3. The second kappa shape index (κ2) is 5.91. The average molecular weight is 328 g/mol. The van der Waals surface area contributed by atoms with Gasteiger partial charge >= 0.3 is 0 Å². The van der Waals surface area contributed by atoms with E-state index in [-0.39, 0.29) is 11.5 Å². The summed E-state index contributed by atoms with van der Waals surface area (Å²) in [4.78, 5) is 4.44. The molecule has 0 aliphatic carbocycles. The number of hydrogen-bond donors (Lipinski definition) is 2. The Balaban J connectivity index is 2.00. The topological polar surface area (TPSA) is 66.2 Å². The number of aromatic hydroxyl groups is 1. The quantitative estimate of drug-likeness (QED) is 0.543. The zero-order valence-electron chi connectivity index (χ0n) is 13.7. The maximum Gasteiger partial charge on any atom is 0.128 e. The largest absolute Gasteiger partial charge is 0.507 e. The molecule has 3 aromatic carbocycles. The molecule has 122 valence electrons. The Morgan fingerprint density at radius 3 is 2.60 bits per heavy atom. The van der Waals surface area contributed by atoms with Crippen LogP contribution < -0.4 is 4.74 Å². The summed E-state index contributed by atoms with van der Waals surface area (Å²) in [5, 5.41) is 21.8. The van der Waals surface area contributed by atoms with Crippen LogP contribution in [0.5, 0.6) is 11.5 Å². The number of fused-ring (bicyclic) bond motifs is 2. The van der Waals surface area contributed by atoms with Crippen molar-refractivity contribution in [2.75, 3.05) is 7.11 Å². The van der Waals surface area contributed by atoms with Crippen LogP contribution in [0.25, 0.3) is 21.7 Å². The minimum Gasteiger partial charge on any atom is -0.507 e. The number of nitrogens with zero attached hydrogens (tertiary/aromatic N) is 1.